The van der Waals surface area contributed by atoms with Crippen molar-refractivity contribution in [2.24, 2.45) is 0 Å². The molecule has 3 nitrogen and oxygen atoms in total. The normalized spacial score (nSPS) is 11.4. The third-order valence-electron chi connectivity index (χ3n) is 3.21. The molecule has 6 heteroatoms. The Morgan fingerprint density at radius 3 is 2.33 bits per heavy atom. The van der Waals surface area contributed by atoms with E-state index in [9.17, 15) is 12.8 Å². The number of hydrogen-bond acceptors (Lipinski definition) is 2. The summed E-state index contributed by atoms with van der Waals surface area (Å²) >= 11 is 5.76. The number of nitrogens with zero attached hydrogens (tertiary/aromatic N) is 1. The molecule has 0 atom stereocenters. The van der Waals surface area contributed by atoms with Crippen molar-refractivity contribution >= 4 is 27.3 Å². The van der Waals surface area contributed by atoms with Crippen LogP contribution in [0.15, 0.2) is 47.4 Å². The molecule has 0 bridgehead atoms. The van der Waals surface area contributed by atoms with Crippen LogP contribution in [0.2, 0.25) is 0 Å². The van der Waals surface area contributed by atoms with Crippen molar-refractivity contribution in [3.63, 3.8) is 0 Å². The molecule has 0 radical (unpaired) electrons. The Balaban J connectivity index is 2.51. The fourth-order valence-corrected chi connectivity index (χ4v) is 3.66. The van der Waals surface area contributed by atoms with Gasteiger partial charge in [-0.25, -0.2) is 12.8 Å². The maximum atomic E-state index is 13.4. The van der Waals surface area contributed by atoms with Gasteiger partial charge in [0.1, 0.15) is 5.82 Å². The van der Waals surface area contributed by atoms with Gasteiger partial charge in [0.05, 0.1) is 10.6 Å². The van der Waals surface area contributed by atoms with Crippen molar-refractivity contribution in [2.75, 3.05) is 11.4 Å². The number of hydrogen-bond donors (Lipinski definition) is 0. The zero-order valence-corrected chi connectivity index (χ0v) is 13.2. The summed E-state index contributed by atoms with van der Waals surface area (Å²) in [7, 11) is -2.43. The Morgan fingerprint density at radius 2 is 1.76 bits per heavy atom. The van der Waals surface area contributed by atoms with E-state index in [4.69, 9.17) is 11.6 Å². The van der Waals surface area contributed by atoms with E-state index in [2.05, 4.69) is 0 Å². The highest BCUT2D eigenvalue weighted by molar-refractivity contribution is 7.92. The summed E-state index contributed by atoms with van der Waals surface area (Å²) in [5.41, 5.74) is 1.90. The predicted octanol–water partition coefficient (Wildman–Crippen LogP) is 3.70. The molecule has 0 aliphatic carbocycles. The molecule has 0 heterocycles. The minimum Gasteiger partial charge on any atom is -0.269 e. The third kappa shape index (κ3) is 3.19. The van der Waals surface area contributed by atoms with Crippen LogP contribution < -0.4 is 4.31 Å². The number of aryl methyl sites for hydroxylation is 1. The van der Waals surface area contributed by atoms with Crippen LogP contribution in [0.3, 0.4) is 0 Å². The summed E-state index contributed by atoms with van der Waals surface area (Å²) in [5, 5.41) is 0. The molecule has 0 aliphatic rings. The van der Waals surface area contributed by atoms with Gasteiger partial charge >= 0.3 is 0 Å². The molecule has 0 fully saturated rings. The maximum Gasteiger partial charge on any atom is 0.264 e. The van der Waals surface area contributed by atoms with Gasteiger partial charge in [-0.15, -0.1) is 11.6 Å². The molecule has 0 spiro atoms. The Hall–Kier alpha value is -1.59. The van der Waals surface area contributed by atoms with E-state index in [1.807, 2.05) is 19.1 Å². The van der Waals surface area contributed by atoms with Gasteiger partial charge in [-0.2, -0.15) is 0 Å². The summed E-state index contributed by atoms with van der Waals surface area (Å²) in [5.74, 6) is -0.615. The van der Waals surface area contributed by atoms with E-state index < -0.39 is 15.8 Å². The first kappa shape index (κ1) is 15.8. The van der Waals surface area contributed by atoms with Gasteiger partial charge in [0, 0.05) is 12.9 Å². The fourth-order valence-electron chi connectivity index (χ4n) is 1.92. The van der Waals surface area contributed by atoms with Crippen LogP contribution in [0.1, 0.15) is 11.1 Å². The van der Waals surface area contributed by atoms with Gasteiger partial charge in [0.25, 0.3) is 10.0 Å². The average Bonchev–Trinajstić information content (AvgIpc) is 2.47. The van der Waals surface area contributed by atoms with Crippen molar-refractivity contribution in [3.8, 4) is 0 Å². The van der Waals surface area contributed by atoms with E-state index in [1.54, 1.807) is 12.1 Å². The first-order valence-corrected chi connectivity index (χ1v) is 8.23. The van der Waals surface area contributed by atoms with Gasteiger partial charge < -0.3 is 0 Å². The van der Waals surface area contributed by atoms with E-state index in [0.29, 0.717) is 11.3 Å². The Labute approximate surface area is 129 Å². The van der Waals surface area contributed by atoms with Crippen molar-refractivity contribution in [2.45, 2.75) is 17.7 Å². The molecule has 0 amide bonds. The molecule has 0 saturated carbocycles. The number of anilines is 1. The number of halogens is 2. The molecular weight excluding hydrogens is 313 g/mol. The Bertz CT molecular complexity index is 745. The zero-order valence-electron chi connectivity index (χ0n) is 11.7. The number of sulfonamides is 1. The summed E-state index contributed by atoms with van der Waals surface area (Å²) < 4.78 is 39.8. The van der Waals surface area contributed by atoms with E-state index in [-0.39, 0.29) is 10.8 Å². The van der Waals surface area contributed by atoms with Crippen molar-refractivity contribution < 1.29 is 12.8 Å². The molecule has 2 aromatic carbocycles. The van der Waals surface area contributed by atoms with Crippen LogP contribution in [0.4, 0.5) is 10.1 Å². The fraction of sp³-hybridized carbons (Fsp3) is 0.200. The zero-order chi connectivity index (χ0) is 15.6. The van der Waals surface area contributed by atoms with Crippen molar-refractivity contribution in [1.82, 2.24) is 0 Å². The lowest BCUT2D eigenvalue weighted by atomic mass is 10.2. The Morgan fingerprint density at radius 1 is 1.14 bits per heavy atom. The largest absolute Gasteiger partial charge is 0.269 e. The van der Waals surface area contributed by atoms with E-state index in [1.165, 1.54) is 19.2 Å². The minimum atomic E-state index is -3.86. The second-order valence-electron chi connectivity index (χ2n) is 4.69. The van der Waals surface area contributed by atoms with Gasteiger partial charge in [-0.1, -0.05) is 23.8 Å². The van der Waals surface area contributed by atoms with Gasteiger partial charge in [0.2, 0.25) is 0 Å². The second kappa shape index (κ2) is 6.03. The van der Waals surface area contributed by atoms with Crippen LogP contribution in [0.25, 0.3) is 0 Å². The van der Waals surface area contributed by atoms with Crippen molar-refractivity contribution in [1.29, 1.82) is 0 Å². The molecule has 2 aromatic rings. The lowest BCUT2D eigenvalue weighted by Gasteiger charge is -2.21. The molecule has 0 aromatic heterocycles. The summed E-state index contributed by atoms with van der Waals surface area (Å²) in [6, 6.07) is 10.6. The highest BCUT2D eigenvalue weighted by Crippen LogP contribution is 2.26. The van der Waals surface area contributed by atoms with Crippen LogP contribution in [0.5, 0.6) is 0 Å². The average molecular weight is 328 g/mol. The molecule has 112 valence electrons. The highest BCUT2D eigenvalue weighted by Gasteiger charge is 2.24. The topological polar surface area (TPSA) is 37.4 Å². The third-order valence-corrected chi connectivity index (χ3v) is 5.36. The van der Waals surface area contributed by atoms with E-state index >= 15 is 0 Å². The lowest BCUT2D eigenvalue weighted by molar-refractivity contribution is 0.588. The number of alkyl halides is 1. The first-order chi connectivity index (χ1) is 9.86. The molecule has 0 saturated heterocycles. The second-order valence-corrected chi connectivity index (χ2v) is 6.90. The molecule has 0 N–H and O–H groups in total. The van der Waals surface area contributed by atoms with Crippen molar-refractivity contribution in [3.05, 3.63) is 59.4 Å². The standard InChI is InChI=1S/C15H15ClFNO2S/c1-11-3-7-14(8-4-11)18(2)21(19,20)15-9-13(17)6-5-12(15)10-16/h3-9H,10H2,1-2H3. The molecule has 2 rings (SSSR count). The highest BCUT2D eigenvalue weighted by atomic mass is 35.5. The summed E-state index contributed by atoms with van der Waals surface area (Å²) in [6.45, 7) is 1.91. The first-order valence-electron chi connectivity index (χ1n) is 6.26. The SMILES string of the molecule is Cc1ccc(N(C)S(=O)(=O)c2cc(F)ccc2CCl)cc1. The number of benzene rings is 2. The summed E-state index contributed by atoms with van der Waals surface area (Å²) in [6.07, 6.45) is 0. The predicted molar refractivity (Wildman–Crippen MR) is 82.7 cm³/mol. The maximum absolute atomic E-state index is 13.4. The van der Waals surface area contributed by atoms with Crippen LogP contribution in [-0.2, 0) is 15.9 Å². The quantitative estimate of drug-likeness (QED) is 0.803. The van der Waals surface area contributed by atoms with Gasteiger partial charge in [0.15, 0.2) is 0 Å². The molecular formula is C15H15ClFNO2S. The van der Waals surface area contributed by atoms with Crippen LogP contribution >= 0.6 is 11.6 Å². The van der Waals surface area contributed by atoms with Crippen LogP contribution in [0, 0.1) is 12.7 Å². The van der Waals surface area contributed by atoms with Gasteiger partial charge in [-0.3, -0.25) is 4.31 Å². The van der Waals surface area contributed by atoms with Gasteiger partial charge in [-0.05, 0) is 36.8 Å². The summed E-state index contributed by atoms with van der Waals surface area (Å²) in [4.78, 5) is -0.111. The number of rotatable bonds is 4. The molecule has 21 heavy (non-hydrogen) atoms. The lowest BCUT2D eigenvalue weighted by Crippen LogP contribution is -2.27. The monoisotopic (exact) mass is 327 g/mol. The van der Waals surface area contributed by atoms with Crippen LogP contribution in [-0.4, -0.2) is 15.5 Å². The Kier molecular flexibility index (Phi) is 4.54. The minimum absolute atomic E-state index is 0.00339. The molecule has 0 aliphatic heterocycles. The van der Waals surface area contributed by atoms with E-state index in [0.717, 1.165) is 15.9 Å². The smallest absolute Gasteiger partial charge is 0.264 e. The molecule has 0 unspecified atom stereocenters.